The first kappa shape index (κ1) is 12.9. The lowest BCUT2D eigenvalue weighted by Crippen LogP contribution is -2.23. The van der Waals surface area contributed by atoms with Crippen LogP contribution >= 0.6 is 11.6 Å². The van der Waals surface area contributed by atoms with Crippen LogP contribution in [0.1, 0.15) is 11.7 Å². The molecule has 0 aliphatic rings. The minimum Gasteiger partial charge on any atom is -0.468 e. The largest absolute Gasteiger partial charge is 0.468 e. The van der Waals surface area contributed by atoms with E-state index in [4.69, 9.17) is 11.6 Å². The number of methoxy groups -OCH3 is 1. The summed E-state index contributed by atoms with van der Waals surface area (Å²) in [4.78, 5) is 11.3. The van der Waals surface area contributed by atoms with Crippen LogP contribution in [-0.2, 0) is 9.53 Å². The predicted molar refractivity (Wildman–Crippen MR) is 70.6 cm³/mol. The molecule has 0 heterocycles. The lowest BCUT2D eigenvalue weighted by molar-refractivity contribution is -0.142. The fraction of sp³-hybridized carbons (Fsp3) is 0.214. The van der Waals surface area contributed by atoms with Gasteiger partial charge in [-0.3, -0.25) is 4.79 Å². The molecule has 2 rings (SSSR count). The van der Waals surface area contributed by atoms with Gasteiger partial charge in [-0.2, -0.15) is 0 Å². The Kier molecular flexibility index (Phi) is 3.84. The van der Waals surface area contributed by atoms with Crippen LogP contribution in [0.2, 0.25) is 0 Å². The summed E-state index contributed by atoms with van der Waals surface area (Å²) in [6, 6.07) is 13.2. The van der Waals surface area contributed by atoms with Crippen molar-refractivity contribution in [2.75, 3.05) is 7.11 Å². The van der Waals surface area contributed by atoms with Crippen molar-refractivity contribution in [3.05, 3.63) is 48.0 Å². The van der Waals surface area contributed by atoms with Gasteiger partial charge in [0.15, 0.2) is 5.38 Å². The van der Waals surface area contributed by atoms with Gasteiger partial charge in [-0.15, -0.1) is 11.6 Å². The summed E-state index contributed by atoms with van der Waals surface area (Å²) in [7, 11) is 1.24. The average molecular weight is 265 g/mol. The summed E-state index contributed by atoms with van der Waals surface area (Å²) in [5.74, 6) is -0.641. The van der Waals surface area contributed by atoms with Gasteiger partial charge in [0, 0.05) is 0 Å². The first-order valence-corrected chi connectivity index (χ1v) is 5.96. The highest BCUT2D eigenvalue weighted by molar-refractivity contribution is 6.30. The number of hydrogen-bond donors (Lipinski definition) is 1. The van der Waals surface area contributed by atoms with E-state index >= 15 is 0 Å². The van der Waals surface area contributed by atoms with Crippen molar-refractivity contribution < 1.29 is 14.6 Å². The number of aliphatic hydroxyl groups is 1. The van der Waals surface area contributed by atoms with Gasteiger partial charge in [-0.1, -0.05) is 36.4 Å². The van der Waals surface area contributed by atoms with Gasteiger partial charge < -0.3 is 9.84 Å². The Balaban J connectivity index is 2.33. The average Bonchev–Trinajstić information content (AvgIpc) is 2.44. The minimum absolute atomic E-state index is 0.596. The SMILES string of the molecule is COC(=O)C(Cl)C(O)c1ccc2ccccc2c1. The molecule has 0 saturated carbocycles. The molecule has 0 radical (unpaired) electrons. The van der Waals surface area contributed by atoms with E-state index in [9.17, 15) is 9.90 Å². The van der Waals surface area contributed by atoms with E-state index in [1.54, 1.807) is 6.07 Å². The van der Waals surface area contributed by atoms with E-state index in [2.05, 4.69) is 4.74 Å². The number of alkyl halides is 1. The molecule has 3 nitrogen and oxygen atoms in total. The van der Waals surface area contributed by atoms with Crippen molar-refractivity contribution in [1.82, 2.24) is 0 Å². The molecule has 0 aliphatic carbocycles. The zero-order valence-corrected chi connectivity index (χ0v) is 10.6. The minimum atomic E-state index is -1.10. The van der Waals surface area contributed by atoms with Gasteiger partial charge in [-0.05, 0) is 22.4 Å². The molecule has 0 bridgehead atoms. The van der Waals surface area contributed by atoms with Crippen molar-refractivity contribution in [2.45, 2.75) is 11.5 Å². The topological polar surface area (TPSA) is 46.5 Å². The summed E-state index contributed by atoms with van der Waals surface area (Å²) in [5.41, 5.74) is 0.596. The maximum absolute atomic E-state index is 11.3. The fourth-order valence-corrected chi connectivity index (χ4v) is 2.04. The number of carbonyl (C=O) groups is 1. The van der Waals surface area contributed by atoms with Gasteiger partial charge in [0.1, 0.15) is 6.10 Å². The van der Waals surface area contributed by atoms with Crippen LogP contribution in [0.5, 0.6) is 0 Å². The van der Waals surface area contributed by atoms with Crippen molar-refractivity contribution in [1.29, 1.82) is 0 Å². The van der Waals surface area contributed by atoms with E-state index in [0.717, 1.165) is 10.8 Å². The summed E-state index contributed by atoms with van der Waals surface area (Å²) < 4.78 is 4.51. The second kappa shape index (κ2) is 5.38. The van der Waals surface area contributed by atoms with E-state index in [0.29, 0.717) is 5.56 Å². The third kappa shape index (κ3) is 2.47. The number of halogens is 1. The molecule has 0 saturated heterocycles. The van der Waals surface area contributed by atoms with Crippen LogP contribution in [0.25, 0.3) is 10.8 Å². The molecule has 0 fully saturated rings. The van der Waals surface area contributed by atoms with Crippen molar-refractivity contribution in [3.8, 4) is 0 Å². The number of benzene rings is 2. The molecule has 2 unspecified atom stereocenters. The van der Waals surface area contributed by atoms with Crippen LogP contribution in [0.15, 0.2) is 42.5 Å². The number of rotatable bonds is 3. The van der Waals surface area contributed by atoms with Gasteiger partial charge in [-0.25, -0.2) is 0 Å². The highest BCUT2D eigenvalue weighted by Crippen LogP contribution is 2.25. The highest BCUT2D eigenvalue weighted by atomic mass is 35.5. The lowest BCUT2D eigenvalue weighted by Gasteiger charge is -2.15. The molecule has 2 aromatic rings. The fourth-order valence-electron chi connectivity index (χ4n) is 1.80. The van der Waals surface area contributed by atoms with E-state index in [1.807, 2.05) is 36.4 Å². The Morgan fingerprint density at radius 3 is 2.56 bits per heavy atom. The number of fused-ring (bicyclic) bond motifs is 1. The zero-order valence-electron chi connectivity index (χ0n) is 9.84. The molecule has 0 spiro atoms. The van der Waals surface area contributed by atoms with Gasteiger partial charge >= 0.3 is 5.97 Å². The molecular weight excluding hydrogens is 252 g/mol. The van der Waals surface area contributed by atoms with Gasteiger partial charge in [0.2, 0.25) is 0 Å². The third-order valence-corrected chi connectivity index (χ3v) is 3.24. The number of aliphatic hydroxyl groups excluding tert-OH is 1. The normalized spacial score (nSPS) is 14.2. The summed E-state index contributed by atoms with van der Waals surface area (Å²) >= 11 is 5.84. The lowest BCUT2D eigenvalue weighted by atomic mass is 10.0. The van der Waals surface area contributed by atoms with Crippen LogP contribution in [0.4, 0.5) is 0 Å². The Morgan fingerprint density at radius 2 is 1.89 bits per heavy atom. The van der Waals surface area contributed by atoms with E-state index in [1.165, 1.54) is 7.11 Å². The maximum Gasteiger partial charge on any atom is 0.326 e. The second-order valence-corrected chi connectivity index (χ2v) is 4.45. The first-order chi connectivity index (χ1) is 8.63. The van der Waals surface area contributed by atoms with Crippen LogP contribution in [0, 0.1) is 0 Å². The standard InChI is InChI=1S/C14H13ClO3/c1-18-14(17)12(15)13(16)11-7-6-9-4-2-3-5-10(9)8-11/h2-8,12-13,16H,1H3. The monoisotopic (exact) mass is 264 g/mol. The first-order valence-electron chi connectivity index (χ1n) is 5.52. The Morgan fingerprint density at radius 1 is 1.22 bits per heavy atom. The number of hydrogen-bond acceptors (Lipinski definition) is 3. The number of ether oxygens (including phenoxy) is 1. The van der Waals surface area contributed by atoms with Gasteiger partial charge in [0.05, 0.1) is 7.11 Å². The number of carbonyl (C=O) groups excluding carboxylic acids is 1. The van der Waals surface area contributed by atoms with Crippen LogP contribution in [0.3, 0.4) is 0 Å². The smallest absolute Gasteiger partial charge is 0.326 e. The molecule has 94 valence electrons. The molecule has 18 heavy (non-hydrogen) atoms. The Hall–Kier alpha value is -1.58. The Bertz CT molecular complexity index is 568. The van der Waals surface area contributed by atoms with Crippen molar-refractivity contribution in [2.24, 2.45) is 0 Å². The predicted octanol–water partition coefficient (Wildman–Crippen LogP) is 2.65. The summed E-state index contributed by atoms with van der Waals surface area (Å²) in [6.07, 6.45) is -1.08. The maximum atomic E-state index is 11.3. The highest BCUT2D eigenvalue weighted by Gasteiger charge is 2.26. The molecule has 1 N–H and O–H groups in total. The van der Waals surface area contributed by atoms with E-state index in [-0.39, 0.29) is 0 Å². The number of esters is 1. The molecule has 0 amide bonds. The van der Waals surface area contributed by atoms with Crippen LogP contribution in [-0.4, -0.2) is 23.6 Å². The molecule has 4 heteroatoms. The second-order valence-electron chi connectivity index (χ2n) is 3.98. The quantitative estimate of drug-likeness (QED) is 0.685. The van der Waals surface area contributed by atoms with Crippen molar-refractivity contribution >= 4 is 28.3 Å². The molecule has 2 aromatic carbocycles. The van der Waals surface area contributed by atoms with E-state index < -0.39 is 17.5 Å². The van der Waals surface area contributed by atoms with Crippen LogP contribution < -0.4 is 0 Å². The Labute approximate surface area is 110 Å². The molecular formula is C14H13ClO3. The zero-order chi connectivity index (χ0) is 13.1. The summed E-state index contributed by atoms with van der Waals surface area (Å²) in [5, 5.41) is 11.0. The van der Waals surface area contributed by atoms with Gasteiger partial charge in [0.25, 0.3) is 0 Å². The summed E-state index contributed by atoms with van der Waals surface area (Å²) in [6.45, 7) is 0. The molecule has 2 atom stereocenters. The molecule has 0 aliphatic heterocycles. The van der Waals surface area contributed by atoms with Crippen molar-refractivity contribution in [3.63, 3.8) is 0 Å². The third-order valence-electron chi connectivity index (χ3n) is 2.82. The molecule has 0 aromatic heterocycles.